The molecule has 0 aromatic carbocycles. The van der Waals surface area contributed by atoms with E-state index >= 15 is 0 Å². The van der Waals surface area contributed by atoms with Crippen LogP contribution in [0.3, 0.4) is 0 Å². The van der Waals surface area contributed by atoms with E-state index < -0.39 is 11.9 Å². The highest BCUT2D eigenvalue weighted by atomic mass is 16.5. The minimum absolute atomic E-state index is 0.0607. The van der Waals surface area contributed by atoms with Crippen molar-refractivity contribution < 1.29 is 24.2 Å². The molecular formula is C14H24N2O5. The quantitative estimate of drug-likeness (QED) is 0.716. The zero-order valence-corrected chi connectivity index (χ0v) is 12.8. The first-order valence-electron chi connectivity index (χ1n) is 7.26. The Balaban J connectivity index is 2.39. The molecule has 0 aliphatic heterocycles. The van der Waals surface area contributed by atoms with Crippen LogP contribution in [0.5, 0.6) is 0 Å². The van der Waals surface area contributed by atoms with Crippen LogP contribution in [0, 0.1) is 11.8 Å². The number of amides is 2. The van der Waals surface area contributed by atoms with E-state index in [2.05, 4.69) is 5.32 Å². The van der Waals surface area contributed by atoms with Crippen LogP contribution in [-0.4, -0.2) is 54.2 Å². The topological polar surface area (TPSA) is 95.9 Å². The molecule has 3 atom stereocenters. The fraction of sp³-hybridized carbons (Fsp3) is 0.786. The number of carbonyl (C=O) groups is 3. The third-order valence-electron chi connectivity index (χ3n) is 3.70. The van der Waals surface area contributed by atoms with Crippen molar-refractivity contribution in [2.75, 3.05) is 20.2 Å². The zero-order valence-electron chi connectivity index (χ0n) is 12.8. The molecule has 0 radical (unpaired) electrons. The van der Waals surface area contributed by atoms with Gasteiger partial charge in [0.25, 0.3) is 0 Å². The van der Waals surface area contributed by atoms with Gasteiger partial charge in [-0.2, -0.15) is 0 Å². The number of nitrogens with one attached hydrogen (secondary N) is 1. The predicted molar refractivity (Wildman–Crippen MR) is 75.7 cm³/mol. The average molecular weight is 300 g/mol. The Kier molecular flexibility index (Phi) is 6.45. The van der Waals surface area contributed by atoms with E-state index in [1.54, 1.807) is 20.9 Å². The van der Waals surface area contributed by atoms with Crippen LogP contribution in [0.2, 0.25) is 0 Å². The molecule has 0 aromatic heterocycles. The predicted octanol–water partition coefficient (Wildman–Crippen LogP) is 1.08. The number of carbonyl (C=O) groups excluding carboxylic acids is 2. The first-order valence-corrected chi connectivity index (χ1v) is 7.26. The standard InChI is InChI=1S/C14H24N2O5/c1-4-21-13(19)10-5-6-11(7-10)15-14(20)16(3)8-9(2)12(17)18/h9-11H,4-8H2,1-3H3,(H,15,20)(H,17,18)/t9?,10-,11+/m1/s1. The monoisotopic (exact) mass is 300 g/mol. The molecule has 1 rings (SSSR count). The lowest BCUT2D eigenvalue weighted by Crippen LogP contribution is -2.44. The second-order valence-electron chi connectivity index (χ2n) is 5.53. The summed E-state index contributed by atoms with van der Waals surface area (Å²) in [4.78, 5) is 35.7. The van der Waals surface area contributed by atoms with Gasteiger partial charge in [0.1, 0.15) is 0 Å². The highest BCUT2D eigenvalue weighted by Gasteiger charge is 2.32. The van der Waals surface area contributed by atoms with Gasteiger partial charge in [-0.3, -0.25) is 9.59 Å². The Labute approximate surface area is 124 Å². The molecule has 2 amide bonds. The molecule has 1 saturated carbocycles. The van der Waals surface area contributed by atoms with Gasteiger partial charge in [0.15, 0.2) is 0 Å². The van der Waals surface area contributed by atoms with Crippen molar-refractivity contribution in [3.8, 4) is 0 Å². The number of rotatable bonds is 6. The number of nitrogens with zero attached hydrogens (tertiary/aromatic N) is 1. The van der Waals surface area contributed by atoms with Gasteiger partial charge in [-0.05, 0) is 26.2 Å². The number of esters is 1. The van der Waals surface area contributed by atoms with Gasteiger partial charge in [0, 0.05) is 19.6 Å². The lowest BCUT2D eigenvalue weighted by Gasteiger charge is -2.22. The van der Waals surface area contributed by atoms with E-state index in [1.807, 2.05) is 0 Å². The highest BCUT2D eigenvalue weighted by Crippen LogP contribution is 2.26. The summed E-state index contributed by atoms with van der Waals surface area (Å²) in [5.74, 6) is -1.91. The van der Waals surface area contributed by atoms with Crippen molar-refractivity contribution in [3.05, 3.63) is 0 Å². The van der Waals surface area contributed by atoms with E-state index in [0.29, 0.717) is 19.4 Å². The van der Waals surface area contributed by atoms with E-state index in [9.17, 15) is 14.4 Å². The first-order chi connectivity index (χ1) is 9.85. The lowest BCUT2D eigenvalue weighted by molar-refractivity contribution is -0.147. The average Bonchev–Trinajstić information content (AvgIpc) is 2.87. The summed E-state index contributed by atoms with van der Waals surface area (Å²) in [6, 6.07) is -0.368. The van der Waals surface area contributed by atoms with Gasteiger partial charge >= 0.3 is 18.0 Å². The minimum Gasteiger partial charge on any atom is -0.481 e. The third kappa shape index (κ3) is 5.24. The van der Waals surface area contributed by atoms with Gasteiger partial charge in [-0.25, -0.2) is 4.79 Å². The number of hydrogen-bond donors (Lipinski definition) is 2. The SMILES string of the molecule is CCOC(=O)[C@@H]1CC[C@H](NC(=O)N(C)CC(C)C(=O)O)C1. The maximum Gasteiger partial charge on any atom is 0.317 e. The van der Waals surface area contributed by atoms with Crippen molar-refractivity contribution in [3.63, 3.8) is 0 Å². The Morgan fingerprint density at radius 2 is 2.05 bits per heavy atom. The number of ether oxygens (including phenoxy) is 1. The van der Waals surface area contributed by atoms with Crippen LogP contribution in [0.4, 0.5) is 4.79 Å². The van der Waals surface area contributed by atoms with Crippen LogP contribution >= 0.6 is 0 Å². The molecular weight excluding hydrogens is 276 g/mol. The molecule has 0 spiro atoms. The summed E-state index contributed by atoms with van der Waals surface area (Å²) < 4.78 is 4.98. The number of carboxylic acids is 1. The van der Waals surface area contributed by atoms with Crippen LogP contribution in [0.15, 0.2) is 0 Å². The first kappa shape index (κ1) is 17.3. The molecule has 7 heteroatoms. The number of hydrogen-bond acceptors (Lipinski definition) is 4. The highest BCUT2D eigenvalue weighted by molar-refractivity contribution is 5.76. The fourth-order valence-corrected chi connectivity index (χ4v) is 2.44. The molecule has 7 nitrogen and oxygen atoms in total. The Bertz CT molecular complexity index is 399. The lowest BCUT2D eigenvalue weighted by atomic mass is 10.1. The number of carboxylic acid groups (broad SMARTS) is 1. The van der Waals surface area contributed by atoms with E-state index in [-0.39, 0.29) is 30.5 Å². The maximum absolute atomic E-state index is 12.0. The van der Waals surface area contributed by atoms with Crippen LogP contribution in [-0.2, 0) is 14.3 Å². The molecule has 0 heterocycles. The molecule has 1 fully saturated rings. The van der Waals surface area contributed by atoms with Gasteiger partial charge in [0.2, 0.25) is 0 Å². The van der Waals surface area contributed by atoms with Crippen LogP contribution in [0.25, 0.3) is 0 Å². The smallest absolute Gasteiger partial charge is 0.317 e. The Hall–Kier alpha value is -1.79. The van der Waals surface area contributed by atoms with Crippen molar-refractivity contribution in [1.29, 1.82) is 0 Å². The van der Waals surface area contributed by atoms with E-state index in [1.165, 1.54) is 4.90 Å². The van der Waals surface area contributed by atoms with E-state index in [4.69, 9.17) is 9.84 Å². The normalized spacial score (nSPS) is 22.4. The third-order valence-corrected chi connectivity index (χ3v) is 3.70. The van der Waals surface area contributed by atoms with Crippen LogP contribution in [0.1, 0.15) is 33.1 Å². The van der Waals surface area contributed by atoms with Crippen molar-refractivity contribution in [2.45, 2.75) is 39.2 Å². The number of aliphatic carboxylic acids is 1. The summed E-state index contributed by atoms with van der Waals surface area (Å²) in [5, 5.41) is 11.7. The van der Waals surface area contributed by atoms with Crippen molar-refractivity contribution in [1.82, 2.24) is 10.2 Å². The van der Waals surface area contributed by atoms with Crippen LogP contribution < -0.4 is 5.32 Å². The van der Waals surface area contributed by atoms with Gasteiger partial charge in [-0.15, -0.1) is 0 Å². The molecule has 0 saturated heterocycles. The van der Waals surface area contributed by atoms with Gasteiger partial charge in [-0.1, -0.05) is 6.92 Å². The second-order valence-corrected chi connectivity index (χ2v) is 5.53. The summed E-state index contributed by atoms with van der Waals surface area (Å²) in [6.07, 6.45) is 2.02. The molecule has 1 aliphatic rings. The minimum atomic E-state index is -0.933. The Morgan fingerprint density at radius 3 is 2.62 bits per heavy atom. The summed E-state index contributed by atoms with van der Waals surface area (Å²) in [5.41, 5.74) is 0. The Morgan fingerprint density at radius 1 is 1.38 bits per heavy atom. The molecule has 0 bridgehead atoms. The summed E-state index contributed by atoms with van der Waals surface area (Å²) in [7, 11) is 1.56. The molecule has 0 aromatic rings. The molecule has 1 aliphatic carbocycles. The molecule has 2 N–H and O–H groups in total. The molecule has 21 heavy (non-hydrogen) atoms. The number of urea groups is 1. The largest absolute Gasteiger partial charge is 0.481 e. The molecule has 120 valence electrons. The van der Waals surface area contributed by atoms with Gasteiger partial charge < -0.3 is 20.1 Å². The van der Waals surface area contributed by atoms with Crippen molar-refractivity contribution >= 4 is 18.0 Å². The maximum atomic E-state index is 12.0. The molecule has 1 unspecified atom stereocenters. The second kappa shape index (κ2) is 7.85. The zero-order chi connectivity index (χ0) is 16.0. The summed E-state index contributed by atoms with van der Waals surface area (Å²) in [6.45, 7) is 3.83. The fourth-order valence-electron chi connectivity index (χ4n) is 2.44. The van der Waals surface area contributed by atoms with Gasteiger partial charge in [0.05, 0.1) is 18.4 Å². The van der Waals surface area contributed by atoms with Crippen molar-refractivity contribution in [2.24, 2.45) is 11.8 Å². The summed E-state index contributed by atoms with van der Waals surface area (Å²) >= 11 is 0. The van der Waals surface area contributed by atoms with E-state index in [0.717, 1.165) is 6.42 Å².